The lowest BCUT2D eigenvalue weighted by Gasteiger charge is -2.21. The van der Waals surface area contributed by atoms with Crippen molar-refractivity contribution in [3.05, 3.63) is 94.1 Å². The first kappa shape index (κ1) is 22.9. The second-order valence-corrected chi connectivity index (χ2v) is 7.66. The Kier molecular flexibility index (Phi) is 5.95. The van der Waals surface area contributed by atoms with Crippen molar-refractivity contribution in [2.75, 3.05) is 0 Å². The maximum Gasteiger partial charge on any atom is 0.573 e. The monoisotopic (exact) mass is 466 g/mol. The number of fused-ring (bicyclic) bond motifs is 1. The second kappa shape index (κ2) is 8.57. The van der Waals surface area contributed by atoms with Crippen LogP contribution >= 0.6 is 0 Å². The quantitative estimate of drug-likeness (QED) is 0.361. The molecule has 4 rings (SSSR count). The molecule has 0 fully saturated rings. The molecule has 8 heteroatoms. The van der Waals surface area contributed by atoms with Crippen molar-refractivity contribution in [2.45, 2.75) is 32.5 Å². The van der Waals surface area contributed by atoms with E-state index in [0.717, 1.165) is 18.2 Å². The highest BCUT2D eigenvalue weighted by atomic mass is 19.4. The molecule has 3 aromatic rings. The molecule has 0 radical (unpaired) electrons. The summed E-state index contributed by atoms with van der Waals surface area (Å²) in [6, 6.07) is 8.14. The Labute approximate surface area is 185 Å². The summed E-state index contributed by atoms with van der Waals surface area (Å²) < 4.78 is 99.0. The largest absolute Gasteiger partial charge is 0.573 e. The van der Waals surface area contributed by atoms with Gasteiger partial charge in [0.25, 0.3) is 0 Å². The number of hydrogen-bond acceptors (Lipinski definition) is 1. The van der Waals surface area contributed by atoms with Gasteiger partial charge in [0.2, 0.25) is 0 Å². The Morgan fingerprint density at radius 1 is 0.879 bits per heavy atom. The smallest absolute Gasteiger partial charge is 0.403 e. The molecule has 1 aliphatic rings. The number of rotatable bonds is 4. The molecule has 0 amide bonds. The van der Waals surface area contributed by atoms with Gasteiger partial charge in [-0.25, -0.2) is 17.6 Å². The van der Waals surface area contributed by atoms with E-state index < -0.39 is 35.4 Å². The lowest BCUT2D eigenvalue weighted by molar-refractivity contribution is -0.275. The molecule has 172 valence electrons. The molecule has 1 aliphatic carbocycles. The van der Waals surface area contributed by atoms with Crippen molar-refractivity contribution in [1.82, 2.24) is 0 Å². The van der Waals surface area contributed by atoms with Gasteiger partial charge in [-0.3, -0.25) is 0 Å². The normalized spacial score (nSPS) is 13.5. The fraction of sp³-hybridized carbons (Fsp3) is 0.200. The van der Waals surface area contributed by atoms with Gasteiger partial charge in [0.05, 0.1) is 0 Å². The maximum absolute atomic E-state index is 15.2. The lowest BCUT2D eigenvalue weighted by Crippen LogP contribution is -2.17. The molecule has 0 unspecified atom stereocenters. The molecule has 0 N–H and O–H groups in total. The number of aryl methyl sites for hydroxylation is 1. The minimum absolute atomic E-state index is 0.00674. The minimum atomic E-state index is -5.06. The zero-order valence-corrected chi connectivity index (χ0v) is 17.3. The third kappa shape index (κ3) is 4.60. The second-order valence-electron chi connectivity index (χ2n) is 7.66. The van der Waals surface area contributed by atoms with Crippen LogP contribution in [-0.2, 0) is 19.3 Å². The zero-order valence-electron chi connectivity index (χ0n) is 17.3. The van der Waals surface area contributed by atoms with Gasteiger partial charge in [-0.2, -0.15) is 0 Å². The molecule has 0 heterocycles. The fourth-order valence-corrected chi connectivity index (χ4v) is 3.98. The molecule has 0 spiro atoms. The van der Waals surface area contributed by atoms with Gasteiger partial charge in [-0.05, 0) is 71.4 Å². The third-order valence-corrected chi connectivity index (χ3v) is 5.57. The van der Waals surface area contributed by atoms with Gasteiger partial charge in [-0.15, -0.1) is 13.2 Å². The molecule has 0 saturated carbocycles. The average molecular weight is 466 g/mol. The molecule has 33 heavy (non-hydrogen) atoms. The summed E-state index contributed by atoms with van der Waals surface area (Å²) in [6.45, 7) is 1.78. The van der Waals surface area contributed by atoms with Crippen molar-refractivity contribution in [3.63, 3.8) is 0 Å². The molecular formula is C25H17F7O. The highest BCUT2D eigenvalue weighted by Crippen LogP contribution is 2.37. The standard InChI is InChI=1S/C25H17F7O/c1-2-13-9-20(27)23(21(28)10-13)16-4-7-17-14(11-16)3-6-18(24(17)29)15-5-8-22(19(26)12-15)33-25(30,31)32/h3-6,8-10,12H,2,7,11H2,1H3. The highest BCUT2D eigenvalue weighted by molar-refractivity contribution is 5.74. The summed E-state index contributed by atoms with van der Waals surface area (Å²) >= 11 is 0. The first-order valence-corrected chi connectivity index (χ1v) is 10.1. The van der Waals surface area contributed by atoms with Gasteiger partial charge in [0.15, 0.2) is 11.6 Å². The van der Waals surface area contributed by atoms with Crippen LogP contribution in [0.4, 0.5) is 30.7 Å². The van der Waals surface area contributed by atoms with Gasteiger partial charge in [0.1, 0.15) is 17.5 Å². The summed E-state index contributed by atoms with van der Waals surface area (Å²) in [5.41, 5.74) is 1.59. The van der Waals surface area contributed by atoms with E-state index in [1.807, 2.05) is 0 Å². The van der Waals surface area contributed by atoms with Crippen molar-refractivity contribution >= 4 is 5.57 Å². The molecule has 1 nitrogen and oxygen atoms in total. The number of alkyl halides is 3. The third-order valence-electron chi connectivity index (χ3n) is 5.57. The Morgan fingerprint density at radius 2 is 1.58 bits per heavy atom. The number of allylic oxidation sites excluding steroid dienone is 2. The lowest BCUT2D eigenvalue weighted by atomic mass is 9.85. The maximum atomic E-state index is 15.2. The average Bonchev–Trinajstić information content (AvgIpc) is 2.74. The minimum Gasteiger partial charge on any atom is -0.403 e. The van der Waals surface area contributed by atoms with E-state index in [4.69, 9.17) is 0 Å². The molecule has 0 bridgehead atoms. The summed E-state index contributed by atoms with van der Waals surface area (Å²) in [4.78, 5) is 0. The van der Waals surface area contributed by atoms with Crippen LogP contribution in [0.25, 0.3) is 16.7 Å². The Balaban J connectivity index is 1.65. The summed E-state index contributed by atoms with van der Waals surface area (Å²) in [5, 5.41) is 0. The van der Waals surface area contributed by atoms with Crippen LogP contribution < -0.4 is 4.74 Å². The Morgan fingerprint density at radius 3 is 2.18 bits per heavy atom. The van der Waals surface area contributed by atoms with E-state index in [0.29, 0.717) is 23.1 Å². The van der Waals surface area contributed by atoms with E-state index in [1.54, 1.807) is 19.1 Å². The molecule has 0 atom stereocenters. The van der Waals surface area contributed by atoms with E-state index in [2.05, 4.69) is 4.74 Å². The van der Waals surface area contributed by atoms with Crippen molar-refractivity contribution in [1.29, 1.82) is 0 Å². The van der Waals surface area contributed by atoms with Crippen molar-refractivity contribution in [2.24, 2.45) is 0 Å². The number of hydrogen-bond donors (Lipinski definition) is 0. The van der Waals surface area contributed by atoms with Gasteiger partial charge >= 0.3 is 6.36 Å². The molecular weight excluding hydrogens is 449 g/mol. The first-order chi connectivity index (χ1) is 15.6. The van der Waals surface area contributed by atoms with E-state index in [9.17, 15) is 26.3 Å². The van der Waals surface area contributed by atoms with Crippen LogP contribution in [0.15, 0.2) is 48.5 Å². The number of halogens is 7. The van der Waals surface area contributed by atoms with Gasteiger partial charge in [0, 0.05) is 11.1 Å². The van der Waals surface area contributed by atoms with Crippen LogP contribution in [0.5, 0.6) is 5.75 Å². The van der Waals surface area contributed by atoms with Crippen LogP contribution in [0.2, 0.25) is 0 Å². The SMILES string of the molecule is CCc1cc(F)c(C2=CCc3c(ccc(-c4ccc(OC(F)(F)F)c(F)c4)c3F)C2)c(F)c1. The summed E-state index contributed by atoms with van der Waals surface area (Å²) in [6.07, 6.45) is -2.88. The number of benzene rings is 3. The van der Waals surface area contributed by atoms with Crippen LogP contribution in [0.1, 0.15) is 29.2 Å². The van der Waals surface area contributed by atoms with E-state index >= 15 is 4.39 Å². The summed E-state index contributed by atoms with van der Waals surface area (Å²) in [7, 11) is 0. The predicted octanol–water partition coefficient (Wildman–Crippen LogP) is 7.55. The topological polar surface area (TPSA) is 9.23 Å². The molecule has 0 aromatic heterocycles. The van der Waals surface area contributed by atoms with Crippen LogP contribution in [0, 0.1) is 23.3 Å². The molecule has 0 aliphatic heterocycles. The molecule has 0 saturated heterocycles. The Bertz CT molecular complexity index is 1240. The zero-order chi connectivity index (χ0) is 23.9. The first-order valence-electron chi connectivity index (χ1n) is 10.1. The van der Waals surface area contributed by atoms with Crippen LogP contribution in [-0.4, -0.2) is 6.36 Å². The summed E-state index contributed by atoms with van der Waals surface area (Å²) in [5.74, 6) is -4.35. The predicted molar refractivity (Wildman–Crippen MR) is 110 cm³/mol. The number of ether oxygens (including phenoxy) is 1. The Hall–Kier alpha value is -3.29. The van der Waals surface area contributed by atoms with Crippen LogP contribution in [0.3, 0.4) is 0 Å². The van der Waals surface area contributed by atoms with Gasteiger partial charge < -0.3 is 4.74 Å². The van der Waals surface area contributed by atoms with E-state index in [-0.39, 0.29) is 35.1 Å². The van der Waals surface area contributed by atoms with Crippen molar-refractivity contribution < 1.29 is 35.5 Å². The molecule has 3 aromatic carbocycles. The van der Waals surface area contributed by atoms with Gasteiger partial charge in [-0.1, -0.05) is 31.2 Å². The van der Waals surface area contributed by atoms with E-state index in [1.165, 1.54) is 18.2 Å². The fourth-order valence-electron chi connectivity index (χ4n) is 3.98. The van der Waals surface area contributed by atoms with Crippen molar-refractivity contribution in [3.8, 4) is 16.9 Å². The highest BCUT2D eigenvalue weighted by Gasteiger charge is 2.32.